The number of hydrogen-bond acceptors (Lipinski definition) is 7. The average Bonchev–Trinajstić information content (AvgIpc) is 3.65. The van der Waals surface area contributed by atoms with Crippen LogP contribution in [0, 0.1) is 0 Å². The number of thiazole rings is 1. The van der Waals surface area contributed by atoms with Gasteiger partial charge in [0.05, 0.1) is 25.0 Å². The molecule has 1 fully saturated rings. The van der Waals surface area contributed by atoms with E-state index < -0.39 is 0 Å². The zero-order chi connectivity index (χ0) is 30.4. The smallest absolute Gasteiger partial charge is 0.284 e. The monoisotopic (exact) mass is 634 g/mol. The molecule has 10 heteroatoms. The van der Waals surface area contributed by atoms with Gasteiger partial charge < -0.3 is 9.64 Å². The summed E-state index contributed by atoms with van der Waals surface area (Å²) in [6, 6.07) is 34.6. The molecule has 0 atom stereocenters. The Morgan fingerprint density at radius 2 is 1.41 bits per heavy atom. The van der Waals surface area contributed by atoms with Gasteiger partial charge in [0.25, 0.3) is 11.5 Å². The first kappa shape index (κ1) is 28.1. The van der Waals surface area contributed by atoms with Crippen LogP contribution in [0.1, 0.15) is 5.56 Å². The Balaban J connectivity index is 1.53. The second-order valence-electron chi connectivity index (χ2n) is 10.2. The summed E-state index contributed by atoms with van der Waals surface area (Å²) in [6.45, 7) is 0.297. The van der Waals surface area contributed by atoms with Gasteiger partial charge in [0.15, 0.2) is 5.11 Å². The van der Waals surface area contributed by atoms with Crippen LogP contribution in [-0.2, 0) is 11.3 Å². The lowest BCUT2D eigenvalue weighted by atomic mass is 10.2. The van der Waals surface area contributed by atoms with Gasteiger partial charge in [-0.1, -0.05) is 78.5 Å². The summed E-state index contributed by atoms with van der Waals surface area (Å²) in [4.78, 5) is 35.3. The molecule has 1 amide bonds. The number of benzene rings is 4. The summed E-state index contributed by atoms with van der Waals surface area (Å²) < 4.78 is 8.26. The number of fused-ring (bicyclic) bond motifs is 1. The van der Waals surface area contributed by atoms with Gasteiger partial charge in [0.2, 0.25) is 0 Å². The summed E-state index contributed by atoms with van der Waals surface area (Å²) in [7, 11) is 3.59. The summed E-state index contributed by atoms with van der Waals surface area (Å²) in [5, 5.41) is 1.13. The van der Waals surface area contributed by atoms with Crippen molar-refractivity contribution in [3.63, 3.8) is 0 Å². The van der Waals surface area contributed by atoms with Crippen molar-refractivity contribution in [1.82, 2.24) is 4.57 Å². The number of methoxy groups -OCH3 is 1. The highest BCUT2D eigenvalue weighted by molar-refractivity contribution is 8.08. The van der Waals surface area contributed by atoms with Gasteiger partial charge >= 0.3 is 0 Å². The highest BCUT2D eigenvalue weighted by Crippen LogP contribution is 2.46. The van der Waals surface area contributed by atoms with Crippen LogP contribution in [0.4, 0.5) is 17.1 Å². The van der Waals surface area contributed by atoms with Crippen molar-refractivity contribution in [3.8, 4) is 5.75 Å². The van der Waals surface area contributed by atoms with E-state index in [9.17, 15) is 9.59 Å². The number of rotatable bonds is 5. The van der Waals surface area contributed by atoms with Crippen LogP contribution >= 0.6 is 35.3 Å². The minimum atomic E-state index is -0.287. The summed E-state index contributed by atoms with van der Waals surface area (Å²) in [5.74, 6) is 0.455. The highest BCUT2D eigenvalue weighted by atomic mass is 32.2. The molecule has 3 heterocycles. The lowest BCUT2D eigenvalue weighted by Crippen LogP contribution is -2.36. The van der Waals surface area contributed by atoms with Gasteiger partial charge in [0.1, 0.15) is 25.7 Å². The molecule has 2 aliphatic heterocycles. The molecule has 0 bridgehead atoms. The van der Waals surface area contributed by atoms with Crippen LogP contribution in [-0.4, -0.2) is 29.7 Å². The van der Waals surface area contributed by atoms with Crippen molar-refractivity contribution in [1.29, 1.82) is 0 Å². The largest absolute Gasteiger partial charge is 0.497 e. The van der Waals surface area contributed by atoms with Gasteiger partial charge in [-0.3, -0.25) is 24.0 Å². The van der Waals surface area contributed by atoms with Crippen LogP contribution in [0.5, 0.6) is 5.75 Å². The molecule has 0 unspecified atom stereocenters. The van der Waals surface area contributed by atoms with E-state index in [0.717, 1.165) is 32.6 Å². The number of para-hydroxylation sites is 2. The fraction of sp³-hybridized carbons (Fsp3) is 0.0882. The van der Waals surface area contributed by atoms with Gasteiger partial charge in [-0.2, -0.15) is 0 Å². The Morgan fingerprint density at radius 1 is 0.795 bits per heavy atom. The van der Waals surface area contributed by atoms with Crippen LogP contribution in [0.3, 0.4) is 0 Å². The Labute approximate surface area is 267 Å². The quantitative estimate of drug-likeness (QED) is 0.246. The number of thioether (sulfide) groups is 1. The van der Waals surface area contributed by atoms with E-state index in [0.29, 0.717) is 32.2 Å². The Kier molecular flexibility index (Phi) is 7.33. The molecule has 0 aliphatic carbocycles. The van der Waals surface area contributed by atoms with Crippen molar-refractivity contribution in [2.24, 2.45) is 0 Å². The van der Waals surface area contributed by atoms with Crippen molar-refractivity contribution < 1.29 is 9.53 Å². The first-order valence-corrected chi connectivity index (χ1v) is 15.9. The number of nitrogens with zero attached hydrogens (tertiary/aromatic N) is 4. The molecule has 4 aromatic carbocycles. The number of aromatic nitrogens is 1. The van der Waals surface area contributed by atoms with E-state index in [1.807, 2.05) is 121 Å². The molecule has 0 spiro atoms. The first-order valence-electron chi connectivity index (χ1n) is 13.9. The van der Waals surface area contributed by atoms with Crippen LogP contribution in [0.2, 0.25) is 0 Å². The molecule has 7 nitrogen and oxygen atoms in total. The molecular formula is C34H26N4O3S3. The van der Waals surface area contributed by atoms with Crippen molar-refractivity contribution in [2.75, 3.05) is 28.9 Å². The zero-order valence-electron chi connectivity index (χ0n) is 23.8. The predicted octanol–water partition coefficient (Wildman–Crippen LogP) is 5.22. The van der Waals surface area contributed by atoms with Gasteiger partial charge in [0, 0.05) is 23.7 Å². The number of hydrogen-bond donors (Lipinski definition) is 0. The summed E-state index contributed by atoms with van der Waals surface area (Å²) in [6.07, 6.45) is 0. The molecule has 1 aromatic heterocycles. The van der Waals surface area contributed by atoms with E-state index in [1.165, 1.54) is 23.1 Å². The zero-order valence-corrected chi connectivity index (χ0v) is 26.3. The SMILES string of the molecule is COc1ccc2c(c1)N(C)C(=c1sc(=C3C(=O)N(c4ccccc4)C(=S)N3c3ccccc3)n(Cc3ccccc3)c1=O)S2. The lowest BCUT2D eigenvalue weighted by molar-refractivity contribution is -0.112. The van der Waals surface area contributed by atoms with Gasteiger partial charge in [-0.25, -0.2) is 0 Å². The third kappa shape index (κ3) is 4.71. The number of ether oxygens (including phenoxy) is 1. The Morgan fingerprint density at radius 3 is 2.05 bits per heavy atom. The number of thiocarbonyl (C=S) groups is 1. The minimum Gasteiger partial charge on any atom is -0.497 e. The molecular weight excluding hydrogens is 609 g/mol. The number of amides is 1. The molecule has 0 saturated carbocycles. The van der Waals surface area contributed by atoms with E-state index in [-0.39, 0.29) is 11.5 Å². The van der Waals surface area contributed by atoms with Crippen molar-refractivity contribution >= 4 is 74.1 Å². The number of carbonyl (C=O) groups is 1. The van der Waals surface area contributed by atoms with Gasteiger partial charge in [-0.15, -0.1) is 11.3 Å². The molecule has 0 N–H and O–H groups in total. The minimum absolute atomic E-state index is 0.166. The standard InChI is InChI=1S/C34H26N4O3S3/c1-35-26-20-25(41-2)18-19-27(26)43-33(35)29-31(40)36(21-22-12-6-3-7-13-22)32(44-29)28-30(39)38(24-16-10-5-11-17-24)34(42)37(28)23-14-8-4-9-15-23/h3-20H,21H2,1-2H3. The maximum Gasteiger partial charge on any atom is 0.284 e. The van der Waals surface area contributed by atoms with Crippen molar-refractivity contribution in [2.45, 2.75) is 11.4 Å². The first-order chi connectivity index (χ1) is 21.5. The van der Waals surface area contributed by atoms with Crippen LogP contribution in [0.25, 0.3) is 10.7 Å². The van der Waals surface area contributed by atoms with Gasteiger partial charge in [-0.05, 0) is 54.2 Å². The molecule has 44 heavy (non-hydrogen) atoms. The predicted molar refractivity (Wildman–Crippen MR) is 183 cm³/mol. The molecule has 1 saturated heterocycles. The third-order valence-electron chi connectivity index (χ3n) is 7.54. The van der Waals surface area contributed by atoms with E-state index in [2.05, 4.69) is 0 Å². The maximum absolute atomic E-state index is 14.5. The van der Waals surface area contributed by atoms with E-state index in [1.54, 1.807) is 21.5 Å². The summed E-state index contributed by atoms with van der Waals surface area (Å²) >= 11 is 8.84. The van der Waals surface area contributed by atoms with Crippen LogP contribution in [0.15, 0.2) is 119 Å². The number of carbonyl (C=O) groups excluding carboxylic acids is 1. The third-order valence-corrected chi connectivity index (χ3v) is 10.5. The maximum atomic E-state index is 14.5. The lowest BCUT2D eigenvalue weighted by Gasteiger charge is -2.20. The topological polar surface area (TPSA) is 58.0 Å². The van der Waals surface area contributed by atoms with E-state index >= 15 is 0 Å². The highest BCUT2D eigenvalue weighted by Gasteiger charge is 2.42. The second-order valence-corrected chi connectivity index (χ2v) is 12.6. The fourth-order valence-electron chi connectivity index (χ4n) is 5.38. The second kappa shape index (κ2) is 11.5. The molecule has 0 radical (unpaired) electrons. The summed E-state index contributed by atoms with van der Waals surface area (Å²) in [5.41, 5.74) is 3.50. The van der Waals surface area contributed by atoms with E-state index in [4.69, 9.17) is 17.0 Å². The average molecular weight is 635 g/mol. The molecule has 2 aliphatic rings. The Hall–Kier alpha value is -4.64. The number of anilines is 3. The fourth-order valence-corrected chi connectivity index (χ4v) is 8.22. The van der Waals surface area contributed by atoms with Crippen LogP contribution < -0.4 is 34.2 Å². The van der Waals surface area contributed by atoms with Crippen molar-refractivity contribution in [3.05, 3.63) is 134 Å². The molecule has 7 rings (SSSR count). The normalized spacial score (nSPS) is 17.0. The molecule has 218 valence electrons. The Bertz CT molecular complexity index is 2090. The molecule has 5 aromatic rings.